The Labute approximate surface area is 230 Å². The molecule has 7 nitrogen and oxygen atoms in total. The topological polar surface area (TPSA) is 88.1 Å². The molecule has 1 N–H and O–H groups in total. The van der Waals surface area contributed by atoms with E-state index >= 15 is 0 Å². The molecule has 1 atom stereocenters. The van der Waals surface area contributed by atoms with Crippen LogP contribution in [0.4, 0.5) is 18.3 Å². The van der Waals surface area contributed by atoms with Gasteiger partial charge in [-0.05, 0) is 47.7 Å². The Morgan fingerprint density at radius 1 is 0.875 bits per heavy atom. The number of nitrogens with one attached hydrogen (secondary N) is 1. The van der Waals surface area contributed by atoms with Crippen LogP contribution in [0.2, 0.25) is 0 Å². The van der Waals surface area contributed by atoms with Crippen molar-refractivity contribution in [3.8, 4) is 10.6 Å². The maximum absolute atomic E-state index is 13.4. The van der Waals surface area contributed by atoms with Crippen molar-refractivity contribution in [3.05, 3.63) is 107 Å². The standard InChI is InChI=1S/C29H20F3N5O2S/c30-29(31,32)21-5-3-4-17(12-21)13-22(16-37-26(38)23-6-1-2-7-24(23)27(37)39)34-28-36-35-25(40-28)19-8-9-20-15-33-11-10-18(20)14-19/h1-12,14-15,22H,13,16H2,(H,34,36)/t22-/m1/s1. The fourth-order valence-electron chi connectivity index (χ4n) is 4.73. The predicted octanol–water partition coefficient (Wildman–Crippen LogP) is 6.09. The molecule has 0 aliphatic carbocycles. The van der Waals surface area contributed by atoms with Gasteiger partial charge in [-0.25, -0.2) is 0 Å². The molecule has 6 rings (SSSR count). The van der Waals surface area contributed by atoms with E-state index in [1.165, 1.54) is 17.4 Å². The Kier molecular flexibility index (Phi) is 6.51. The molecule has 40 heavy (non-hydrogen) atoms. The molecule has 0 saturated carbocycles. The first kappa shape index (κ1) is 25.6. The monoisotopic (exact) mass is 559 g/mol. The molecular weight excluding hydrogens is 539 g/mol. The first-order valence-electron chi connectivity index (χ1n) is 12.3. The number of carbonyl (C=O) groups excluding carboxylic acids is 2. The molecule has 0 radical (unpaired) electrons. The Hall–Kier alpha value is -4.64. The molecule has 0 spiro atoms. The molecule has 2 amide bonds. The maximum Gasteiger partial charge on any atom is 0.416 e. The second kappa shape index (κ2) is 10.2. The van der Waals surface area contributed by atoms with Gasteiger partial charge >= 0.3 is 6.18 Å². The van der Waals surface area contributed by atoms with Crippen LogP contribution in [0.15, 0.2) is 85.2 Å². The van der Waals surface area contributed by atoms with E-state index < -0.39 is 29.6 Å². The third kappa shape index (κ3) is 5.03. The molecule has 3 heterocycles. The highest BCUT2D eigenvalue weighted by atomic mass is 32.1. The molecule has 1 aliphatic rings. The van der Waals surface area contributed by atoms with E-state index in [-0.39, 0.29) is 13.0 Å². The van der Waals surface area contributed by atoms with E-state index in [2.05, 4.69) is 20.5 Å². The third-order valence-corrected chi connectivity index (χ3v) is 7.56. The average Bonchev–Trinajstić information content (AvgIpc) is 3.51. The molecule has 3 aromatic carbocycles. The van der Waals surface area contributed by atoms with Crippen LogP contribution in [-0.4, -0.2) is 44.5 Å². The number of halogens is 3. The highest BCUT2D eigenvalue weighted by Gasteiger charge is 2.37. The first-order valence-corrected chi connectivity index (χ1v) is 13.1. The van der Waals surface area contributed by atoms with Crippen molar-refractivity contribution in [2.45, 2.75) is 18.6 Å². The molecule has 2 aromatic heterocycles. The summed E-state index contributed by atoms with van der Waals surface area (Å²) in [6.45, 7) is -0.0690. The van der Waals surface area contributed by atoms with Crippen molar-refractivity contribution >= 4 is 39.1 Å². The lowest BCUT2D eigenvalue weighted by molar-refractivity contribution is -0.137. The van der Waals surface area contributed by atoms with E-state index in [0.717, 1.165) is 33.4 Å². The van der Waals surface area contributed by atoms with Crippen molar-refractivity contribution in [3.63, 3.8) is 0 Å². The summed E-state index contributed by atoms with van der Waals surface area (Å²) in [7, 11) is 0. The Bertz CT molecular complexity index is 1720. The van der Waals surface area contributed by atoms with Crippen LogP contribution in [0.3, 0.4) is 0 Å². The molecular formula is C29H20F3N5O2S. The van der Waals surface area contributed by atoms with E-state index in [9.17, 15) is 22.8 Å². The Morgan fingerprint density at radius 3 is 2.40 bits per heavy atom. The van der Waals surface area contributed by atoms with E-state index in [1.54, 1.807) is 42.7 Å². The van der Waals surface area contributed by atoms with Crippen LogP contribution >= 0.6 is 11.3 Å². The predicted molar refractivity (Wildman–Crippen MR) is 145 cm³/mol. The summed E-state index contributed by atoms with van der Waals surface area (Å²) < 4.78 is 40.1. The summed E-state index contributed by atoms with van der Waals surface area (Å²) in [6, 6.07) is 18.6. The number of anilines is 1. The molecule has 5 aromatic rings. The zero-order chi connectivity index (χ0) is 27.9. The van der Waals surface area contributed by atoms with Gasteiger partial charge in [0.15, 0.2) is 0 Å². The third-order valence-electron chi connectivity index (χ3n) is 6.66. The highest BCUT2D eigenvalue weighted by molar-refractivity contribution is 7.18. The van der Waals surface area contributed by atoms with Gasteiger partial charge < -0.3 is 5.32 Å². The van der Waals surface area contributed by atoms with Crippen LogP contribution in [0.1, 0.15) is 31.8 Å². The lowest BCUT2D eigenvalue weighted by atomic mass is 10.0. The van der Waals surface area contributed by atoms with Gasteiger partial charge in [-0.3, -0.25) is 19.5 Å². The summed E-state index contributed by atoms with van der Waals surface area (Å²) >= 11 is 1.27. The second-order valence-electron chi connectivity index (χ2n) is 9.36. The van der Waals surface area contributed by atoms with E-state index in [4.69, 9.17) is 0 Å². The van der Waals surface area contributed by atoms with Gasteiger partial charge in [0.25, 0.3) is 11.8 Å². The molecule has 0 saturated heterocycles. The Morgan fingerprint density at radius 2 is 1.65 bits per heavy atom. The largest absolute Gasteiger partial charge is 0.416 e. The van der Waals surface area contributed by atoms with Gasteiger partial charge in [0.05, 0.1) is 22.7 Å². The number of carbonyl (C=O) groups is 2. The fraction of sp³-hybridized carbons (Fsp3) is 0.138. The minimum absolute atomic E-state index is 0.0690. The van der Waals surface area contributed by atoms with Gasteiger partial charge in [0.1, 0.15) is 5.01 Å². The number of aromatic nitrogens is 3. The quantitative estimate of drug-likeness (QED) is 0.243. The summed E-state index contributed by atoms with van der Waals surface area (Å²) in [5, 5.41) is 14.8. The summed E-state index contributed by atoms with van der Waals surface area (Å²) in [6.07, 6.45) is -0.915. The average molecular weight is 560 g/mol. The van der Waals surface area contributed by atoms with Crippen molar-refractivity contribution in [2.24, 2.45) is 0 Å². The van der Waals surface area contributed by atoms with Crippen molar-refractivity contribution < 1.29 is 22.8 Å². The van der Waals surface area contributed by atoms with Crippen LogP contribution < -0.4 is 5.32 Å². The number of pyridine rings is 1. The second-order valence-corrected chi connectivity index (χ2v) is 10.3. The normalized spacial score (nSPS) is 14.0. The van der Waals surface area contributed by atoms with Gasteiger partial charge in [-0.2, -0.15) is 13.2 Å². The van der Waals surface area contributed by atoms with Gasteiger partial charge in [-0.15, -0.1) is 10.2 Å². The highest BCUT2D eigenvalue weighted by Crippen LogP contribution is 2.32. The van der Waals surface area contributed by atoms with Crippen LogP contribution in [-0.2, 0) is 12.6 Å². The number of alkyl halides is 3. The zero-order valence-corrected chi connectivity index (χ0v) is 21.5. The Balaban J connectivity index is 1.28. The zero-order valence-electron chi connectivity index (χ0n) is 20.7. The summed E-state index contributed by atoms with van der Waals surface area (Å²) in [5.41, 5.74) is 1.08. The molecule has 11 heteroatoms. The summed E-state index contributed by atoms with van der Waals surface area (Å²) in [4.78, 5) is 31.3. The van der Waals surface area contributed by atoms with Crippen molar-refractivity contribution in [1.82, 2.24) is 20.1 Å². The van der Waals surface area contributed by atoms with Crippen molar-refractivity contribution in [1.29, 1.82) is 0 Å². The number of hydrogen-bond acceptors (Lipinski definition) is 7. The lowest BCUT2D eigenvalue weighted by Gasteiger charge is -2.23. The van der Waals surface area contributed by atoms with Gasteiger partial charge in [-0.1, -0.05) is 53.8 Å². The summed E-state index contributed by atoms with van der Waals surface area (Å²) in [5.74, 6) is -0.889. The molecule has 1 aliphatic heterocycles. The molecule has 0 bridgehead atoms. The number of rotatable bonds is 7. The van der Waals surface area contributed by atoms with Crippen LogP contribution in [0, 0.1) is 0 Å². The number of imide groups is 1. The van der Waals surface area contributed by atoms with Gasteiger partial charge in [0.2, 0.25) is 5.13 Å². The number of fused-ring (bicyclic) bond motifs is 2. The van der Waals surface area contributed by atoms with Crippen LogP contribution in [0.5, 0.6) is 0 Å². The number of benzene rings is 3. The number of nitrogens with zero attached hydrogens (tertiary/aromatic N) is 4. The molecule has 0 fully saturated rings. The van der Waals surface area contributed by atoms with Crippen LogP contribution in [0.25, 0.3) is 21.3 Å². The smallest absolute Gasteiger partial charge is 0.355 e. The minimum Gasteiger partial charge on any atom is -0.355 e. The molecule has 0 unspecified atom stereocenters. The number of hydrogen-bond donors (Lipinski definition) is 1. The fourth-order valence-corrected chi connectivity index (χ4v) is 5.55. The number of amides is 2. The van der Waals surface area contributed by atoms with Crippen molar-refractivity contribution in [2.75, 3.05) is 11.9 Å². The van der Waals surface area contributed by atoms with Gasteiger partial charge in [0, 0.05) is 29.9 Å². The maximum atomic E-state index is 13.4. The minimum atomic E-state index is -4.49. The van der Waals surface area contributed by atoms with E-state index in [1.807, 2.05) is 24.3 Å². The van der Waals surface area contributed by atoms with E-state index in [0.29, 0.717) is 26.8 Å². The first-order chi connectivity index (χ1) is 19.3. The lowest BCUT2D eigenvalue weighted by Crippen LogP contribution is -2.41. The SMILES string of the molecule is O=C1c2ccccc2C(=O)N1C[C@@H](Cc1cccc(C(F)(F)F)c1)Nc1nnc(-c2ccc3cnccc3c2)s1. The molecule has 200 valence electrons.